The summed E-state index contributed by atoms with van der Waals surface area (Å²) in [7, 11) is -3.81. The van der Waals surface area contributed by atoms with Crippen molar-refractivity contribution < 1.29 is 17.9 Å². The Morgan fingerprint density at radius 1 is 1.15 bits per heavy atom. The molecule has 0 saturated heterocycles. The zero-order valence-corrected chi connectivity index (χ0v) is 16.2. The van der Waals surface area contributed by atoms with E-state index in [1.54, 1.807) is 37.3 Å². The number of aromatic nitrogens is 3. The molecule has 0 fully saturated rings. The van der Waals surface area contributed by atoms with Crippen molar-refractivity contribution in [2.75, 3.05) is 6.61 Å². The normalized spacial score (nSPS) is 12.9. The number of fused-ring (bicyclic) bond motifs is 1. The van der Waals surface area contributed by atoms with Crippen molar-refractivity contribution in [2.45, 2.75) is 38.0 Å². The van der Waals surface area contributed by atoms with Crippen molar-refractivity contribution in [3.05, 3.63) is 54.1 Å². The molecule has 2 heterocycles. The van der Waals surface area contributed by atoms with Gasteiger partial charge in [-0.1, -0.05) is 24.6 Å². The molecular formula is C19H21N3O4S. The molecule has 0 saturated carbocycles. The van der Waals surface area contributed by atoms with Crippen LogP contribution < -0.4 is 0 Å². The van der Waals surface area contributed by atoms with E-state index in [4.69, 9.17) is 4.74 Å². The number of carbonyl (C=O) groups excluding carboxylic acids is 1. The molecule has 1 aromatic carbocycles. The minimum absolute atomic E-state index is 0.170. The van der Waals surface area contributed by atoms with Gasteiger partial charge in [0.1, 0.15) is 6.33 Å². The van der Waals surface area contributed by atoms with Gasteiger partial charge in [-0.25, -0.2) is 22.4 Å². The van der Waals surface area contributed by atoms with E-state index < -0.39 is 15.9 Å². The highest BCUT2D eigenvalue weighted by Gasteiger charge is 2.27. The van der Waals surface area contributed by atoms with Gasteiger partial charge >= 0.3 is 5.97 Å². The fourth-order valence-corrected chi connectivity index (χ4v) is 4.26. The summed E-state index contributed by atoms with van der Waals surface area (Å²) in [6.07, 6.45) is 3.21. The summed E-state index contributed by atoms with van der Waals surface area (Å²) in [6, 6.07) is 8.23. The molecule has 2 aromatic heterocycles. The number of ether oxygens (including phenoxy) is 1. The lowest BCUT2D eigenvalue weighted by atomic mass is 10.00. The number of aryl methyl sites for hydroxylation is 1. The molecule has 8 heteroatoms. The van der Waals surface area contributed by atoms with E-state index in [1.807, 2.05) is 13.8 Å². The molecule has 3 rings (SSSR count). The monoisotopic (exact) mass is 387 g/mol. The van der Waals surface area contributed by atoms with E-state index in [2.05, 4.69) is 9.97 Å². The average Bonchev–Trinajstić information content (AvgIpc) is 3.09. The highest BCUT2D eigenvalue weighted by atomic mass is 32.2. The summed E-state index contributed by atoms with van der Waals surface area (Å²) < 4.78 is 32.3. The summed E-state index contributed by atoms with van der Waals surface area (Å²) >= 11 is 0. The number of hydrogen-bond donors (Lipinski definition) is 0. The molecule has 0 bridgehead atoms. The van der Waals surface area contributed by atoms with Crippen LogP contribution in [0.5, 0.6) is 0 Å². The number of rotatable bonds is 6. The van der Waals surface area contributed by atoms with Crippen molar-refractivity contribution >= 4 is 27.0 Å². The first-order valence-electron chi connectivity index (χ1n) is 8.71. The largest absolute Gasteiger partial charge is 0.465 e. The minimum atomic E-state index is -3.81. The molecule has 1 atom stereocenters. The van der Waals surface area contributed by atoms with E-state index in [9.17, 15) is 13.2 Å². The van der Waals surface area contributed by atoms with Crippen LogP contribution in [-0.4, -0.2) is 34.9 Å². The van der Waals surface area contributed by atoms with Crippen LogP contribution in [0.25, 0.3) is 11.0 Å². The number of esters is 1. The molecule has 0 aliphatic carbocycles. The zero-order valence-electron chi connectivity index (χ0n) is 15.4. The molecule has 1 unspecified atom stereocenters. The third-order valence-corrected chi connectivity index (χ3v) is 6.05. The zero-order chi connectivity index (χ0) is 19.6. The van der Waals surface area contributed by atoms with E-state index in [0.717, 1.165) is 9.54 Å². The first-order chi connectivity index (χ1) is 12.9. The molecular weight excluding hydrogens is 366 g/mol. The van der Waals surface area contributed by atoms with Gasteiger partial charge in [-0.2, -0.15) is 0 Å². The minimum Gasteiger partial charge on any atom is -0.465 e. The van der Waals surface area contributed by atoms with Crippen LogP contribution in [0.3, 0.4) is 0 Å². The van der Waals surface area contributed by atoms with Gasteiger partial charge in [-0.3, -0.25) is 4.79 Å². The van der Waals surface area contributed by atoms with Crippen LogP contribution in [0.1, 0.15) is 37.4 Å². The summed E-state index contributed by atoms with van der Waals surface area (Å²) in [5, 5.41) is 0.521. The Balaban J connectivity index is 2.13. The number of carbonyl (C=O) groups is 1. The Kier molecular flexibility index (Phi) is 5.27. The molecule has 0 spiro atoms. The number of benzene rings is 1. The summed E-state index contributed by atoms with van der Waals surface area (Å²) in [5.41, 5.74) is 1.68. The van der Waals surface area contributed by atoms with Crippen LogP contribution in [0.15, 0.2) is 47.8 Å². The van der Waals surface area contributed by atoms with Gasteiger partial charge in [0.2, 0.25) is 0 Å². The van der Waals surface area contributed by atoms with Crippen LogP contribution in [0.2, 0.25) is 0 Å². The number of hydrogen-bond acceptors (Lipinski definition) is 6. The molecule has 142 valence electrons. The van der Waals surface area contributed by atoms with E-state index in [0.29, 0.717) is 17.5 Å². The summed E-state index contributed by atoms with van der Waals surface area (Å²) in [6.45, 7) is 5.76. The van der Waals surface area contributed by atoms with Gasteiger partial charge in [-0.15, -0.1) is 0 Å². The predicted octanol–water partition coefficient (Wildman–Crippen LogP) is 3.03. The Labute approximate surface area is 158 Å². The molecule has 0 aliphatic rings. The maximum atomic E-state index is 13.0. The Hall–Kier alpha value is -2.74. The van der Waals surface area contributed by atoms with Crippen molar-refractivity contribution in [3.8, 4) is 0 Å². The smallest absolute Gasteiger partial charge is 0.315 e. The van der Waals surface area contributed by atoms with Gasteiger partial charge in [0.15, 0.2) is 5.65 Å². The van der Waals surface area contributed by atoms with E-state index in [1.165, 1.54) is 12.5 Å². The van der Waals surface area contributed by atoms with Crippen molar-refractivity contribution in [2.24, 2.45) is 0 Å². The third-order valence-electron chi connectivity index (χ3n) is 4.37. The molecule has 0 aliphatic heterocycles. The highest BCUT2D eigenvalue weighted by Crippen LogP contribution is 2.28. The topological polar surface area (TPSA) is 91.2 Å². The predicted molar refractivity (Wildman–Crippen MR) is 101 cm³/mol. The standard InChI is InChI=1S/C19H21N3O4S/c1-4-15(19(23)26-5-2)17-16-10-11-22(18(16)21-12-20-17)27(24,25)14-8-6-13(3)7-9-14/h6-12,15H,4-5H2,1-3H3. The van der Waals surface area contributed by atoms with Crippen LogP contribution in [0.4, 0.5) is 0 Å². The molecule has 27 heavy (non-hydrogen) atoms. The third kappa shape index (κ3) is 3.44. The van der Waals surface area contributed by atoms with Crippen molar-refractivity contribution in [3.63, 3.8) is 0 Å². The van der Waals surface area contributed by atoms with Gasteiger partial charge in [0.05, 0.1) is 23.1 Å². The number of nitrogens with zero attached hydrogens (tertiary/aromatic N) is 3. The van der Waals surface area contributed by atoms with Gasteiger partial charge in [0, 0.05) is 11.6 Å². The van der Waals surface area contributed by atoms with Crippen LogP contribution in [0, 0.1) is 6.92 Å². The van der Waals surface area contributed by atoms with Crippen molar-refractivity contribution in [1.82, 2.24) is 13.9 Å². The summed E-state index contributed by atoms with van der Waals surface area (Å²) in [4.78, 5) is 20.8. The second kappa shape index (κ2) is 7.48. The second-order valence-electron chi connectivity index (χ2n) is 6.14. The van der Waals surface area contributed by atoms with Gasteiger partial charge in [-0.05, 0) is 38.5 Å². The maximum absolute atomic E-state index is 13.0. The van der Waals surface area contributed by atoms with Gasteiger partial charge in [0.25, 0.3) is 10.0 Å². The average molecular weight is 387 g/mol. The fourth-order valence-electron chi connectivity index (χ4n) is 2.96. The highest BCUT2D eigenvalue weighted by molar-refractivity contribution is 7.90. The molecule has 7 nitrogen and oxygen atoms in total. The Bertz CT molecular complexity index is 1070. The molecule has 0 amide bonds. The van der Waals surface area contributed by atoms with Crippen molar-refractivity contribution in [1.29, 1.82) is 0 Å². The Morgan fingerprint density at radius 3 is 2.48 bits per heavy atom. The SMILES string of the molecule is CCOC(=O)C(CC)c1ncnc2c1ccn2S(=O)(=O)c1ccc(C)cc1. The lowest BCUT2D eigenvalue weighted by Crippen LogP contribution is -2.17. The van der Waals surface area contributed by atoms with E-state index in [-0.39, 0.29) is 23.1 Å². The summed E-state index contributed by atoms with van der Waals surface area (Å²) in [5.74, 6) is -0.956. The fraction of sp³-hybridized carbons (Fsp3) is 0.316. The lowest BCUT2D eigenvalue weighted by Gasteiger charge is -2.14. The Morgan fingerprint density at radius 2 is 1.85 bits per heavy atom. The lowest BCUT2D eigenvalue weighted by molar-refractivity contribution is -0.145. The second-order valence-corrected chi connectivity index (χ2v) is 7.95. The first-order valence-corrected chi connectivity index (χ1v) is 10.1. The van der Waals surface area contributed by atoms with Crippen LogP contribution in [-0.2, 0) is 19.6 Å². The van der Waals surface area contributed by atoms with Crippen LogP contribution >= 0.6 is 0 Å². The molecule has 0 radical (unpaired) electrons. The maximum Gasteiger partial charge on any atom is 0.315 e. The quantitative estimate of drug-likeness (QED) is 0.604. The first kappa shape index (κ1) is 19.0. The molecule has 3 aromatic rings. The van der Waals surface area contributed by atoms with E-state index >= 15 is 0 Å². The molecule has 0 N–H and O–H groups in total. The van der Waals surface area contributed by atoms with Gasteiger partial charge < -0.3 is 4.74 Å².